The minimum Gasteiger partial charge on any atom is -0.342 e. The Bertz CT molecular complexity index is 1370. The van der Waals surface area contributed by atoms with E-state index >= 15 is 0 Å². The molecule has 2 aromatic carbocycles. The van der Waals surface area contributed by atoms with E-state index in [1.165, 1.54) is 16.8 Å². The standard InChI is InChI=1S/C26H24ClN5OS/c1-2-3-4-9-23-30-32-24(28)21(25(33)29-26(32)34-23)14-18-16-31(22-8-6-5-7-20(18)22)15-17-10-12-19(27)13-11-17/h5-8,10-14,16,28H,2-4,9,15H2,1H3/b21-14-,28-24?. The smallest absolute Gasteiger partial charge is 0.283 e. The zero-order valence-electron chi connectivity index (χ0n) is 18.8. The number of nitrogens with one attached hydrogen (secondary N) is 1. The molecule has 172 valence electrons. The number of fused-ring (bicyclic) bond motifs is 2. The second kappa shape index (κ2) is 9.60. The van der Waals surface area contributed by atoms with Crippen molar-refractivity contribution < 1.29 is 4.79 Å². The van der Waals surface area contributed by atoms with Crippen LogP contribution < -0.4 is 0 Å². The minimum atomic E-state index is -0.400. The molecule has 0 unspecified atom stereocenters. The van der Waals surface area contributed by atoms with Crippen molar-refractivity contribution in [3.05, 3.63) is 76.5 Å². The Balaban J connectivity index is 1.47. The van der Waals surface area contributed by atoms with Gasteiger partial charge in [-0.3, -0.25) is 10.2 Å². The van der Waals surface area contributed by atoms with Crippen LogP contribution in [0.3, 0.4) is 0 Å². The van der Waals surface area contributed by atoms with Crippen LogP contribution in [0.4, 0.5) is 0 Å². The molecular weight excluding hydrogens is 466 g/mol. The van der Waals surface area contributed by atoms with E-state index in [0.717, 1.165) is 52.8 Å². The quantitative estimate of drug-likeness (QED) is 0.302. The van der Waals surface area contributed by atoms with Crippen LogP contribution in [-0.4, -0.2) is 31.5 Å². The topological polar surface area (TPSA) is 73.8 Å². The Hall–Kier alpha value is -3.16. The van der Waals surface area contributed by atoms with Crippen LogP contribution in [0, 0.1) is 5.41 Å². The SMILES string of the molecule is CCCCCC1=NN2C(=N)/C(=C/c3cn(Cc4ccc(Cl)cc4)c4ccccc34)C(=O)N=C2S1. The second-order valence-electron chi connectivity index (χ2n) is 8.33. The lowest BCUT2D eigenvalue weighted by atomic mass is 10.1. The Labute approximate surface area is 207 Å². The highest BCUT2D eigenvalue weighted by atomic mass is 35.5. The van der Waals surface area contributed by atoms with Gasteiger partial charge in [-0.1, -0.05) is 61.7 Å². The average Bonchev–Trinajstić information content (AvgIpc) is 3.40. The molecule has 3 heterocycles. The minimum absolute atomic E-state index is 0.0718. The predicted molar refractivity (Wildman–Crippen MR) is 142 cm³/mol. The van der Waals surface area contributed by atoms with Gasteiger partial charge in [0.25, 0.3) is 5.91 Å². The summed E-state index contributed by atoms with van der Waals surface area (Å²) in [6, 6.07) is 15.8. The highest BCUT2D eigenvalue weighted by molar-refractivity contribution is 8.26. The van der Waals surface area contributed by atoms with Crippen LogP contribution in [0.2, 0.25) is 5.02 Å². The molecule has 0 spiro atoms. The fourth-order valence-corrected chi connectivity index (χ4v) is 5.17. The lowest BCUT2D eigenvalue weighted by molar-refractivity contribution is -0.114. The van der Waals surface area contributed by atoms with E-state index in [4.69, 9.17) is 17.0 Å². The van der Waals surface area contributed by atoms with Crippen molar-refractivity contribution in [3.8, 4) is 0 Å². The zero-order chi connectivity index (χ0) is 23.7. The molecular formula is C26H24ClN5OS. The number of amides is 1. The highest BCUT2D eigenvalue weighted by Gasteiger charge is 2.35. The van der Waals surface area contributed by atoms with Gasteiger partial charge in [-0.25, -0.2) is 0 Å². The number of amidine groups is 2. The molecule has 0 fully saturated rings. The van der Waals surface area contributed by atoms with Gasteiger partial charge in [0.1, 0.15) is 5.04 Å². The summed E-state index contributed by atoms with van der Waals surface area (Å²) in [4.78, 5) is 17.1. The summed E-state index contributed by atoms with van der Waals surface area (Å²) >= 11 is 7.43. The molecule has 0 aliphatic carbocycles. The summed E-state index contributed by atoms with van der Waals surface area (Å²) in [7, 11) is 0. The molecule has 2 aliphatic rings. The number of carbonyl (C=O) groups excluding carboxylic acids is 1. The van der Waals surface area contributed by atoms with Crippen molar-refractivity contribution in [1.29, 1.82) is 5.41 Å². The first-order valence-corrected chi connectivity index (χ1v) is 12.5. The number of hydrogen-bond acceptors (Lipinski definition) is 4. The maximum Gasteiger partial charge on any atom is 0.283 e. The van der Waals surface area contributed by atoms with Crippen molar-refractivity contribution in [1.82, 2.24) is 9.58 Å². The molecule has 34 heavy (non-hydrogen) atoms. The van der Waals surface area contributed by atoms with Gasteiger partial charge in [-0.2, -0.15) is 15.1 Å². The molecule has 1 N–H and O–H groups in total. The molecule has 0 radical (unpaired) electrons. The van der Waals surface area contributed by atoms with Gasteiger partial charge in [0.05, 0.1) is 5.57 Å². The monoisotopic (exact) mass is 489 g/mol. The summed E-state index contributed by atoms with van der Waals surface area (Å²) in [5.74, 6) is -0.328. The van der Waals surface area contributed by atoms with Crippen molar-refractivity contribution in [2.24, 2.45) is 10.1 Å². The van der Waals surface area contributed by atoms with E-state index in [1.54, 1.807) is 6.08 Å². The van der Waals surface area contributed by atoms with Crippen LogP contribution in [0.1, 0.15) is 43.7 Å². The van der Waals surface area contributed by atoms with Gasteiger partial charge in [0.15, 0.2) is 5.84 Å². The Morgan fingerprint density at radius 3 is 2.71 bits per heavy atom. The summed E-state index contributed by atoms with van der Waals surface area (Å²) < 4.78 is 2.15. The fraction of sp³-hybridized carbons (Fsp3) is 0.231. The van der Waals surface area contributed by atoms with E-state index in [-0.39, 0.29) is 11.4 Å². The molecule has 3 aromatic rings. The van der Waals surface area contributed by atoms with Gasteiger partial charge < -0.3 is 4.57 Å². The lowest BCUT2D eigenvalue weighted by Gasteiger charge is -2.20. The van der Waals surface area contributed by atoms with Gasteiger partial charge in [-0.15, -0.1) is 0 Å². The van der Waals surface area contributed by atoms with E-state index in [9.17, 15) is 4.79 Å². The molecule has 1 aromatic heterocycles. The number of aliphatic imine (C=N–C) groups is 1. The summed E-state index contributed by atoms with van der Waals surface area (Å²) in [5, 5.41) is 17.8. The summed E-state index contributed by atoms with van der Waals surface area (Å²) in [6.07, 6.45) is 7.93. The number of hydrogen-bond donors (Lipinski definition) is 1. The first-order chi connectivity index (χ1) is 16.5. The number of aromatic nitrogens is 1. The predicted octanol–water partition coefficient (Wildman–Crippen LogP) is 6.54. The third kappa shape index (κ3) is 4.45. The average molecular weight is 490 g/mol. The van der Waals surface area contributed by atoms with Crippen LogP contribution in [0.25, 0.3) is 17.0 Å². The van der Waals surface area contributed by atoms with E-state index in [1.807, 2.05) is 48.7 Å². The number of unbranched alkanes of at least 4 members (excludes halogenated alkanes) is 2. The highest BCUT2D eigenvalue weighted by Crippen LogP contribution is 2.31. The van der Waals surface area contributed by atoms with Gasteiger partial charge in [0.2, 0.25) is 5.17 Å². The number of hydrazone groups is 1. The Morgan fingerprint density at radius 1 is 1.12 bits per heavy atom. The van der Waals surface area contributed by atoms with Gasteiger partial charge in [-0.05, 0) is 54.4 Å². The first-order valence-electron chi connectivity index (χ1n) is 11.3. The number of para-hydroxylation sites is 1. The van der Waals surface area contributed by atoms with Crippen LogP contribution in [0.15, 0.2) is 70.4 Å². The molecule has 6 nitrogen and oxygen atoms in total. The lowest BCUT2D eigenvalue weighted by Crippen LogP contribution is -2.35. The Morgan fingerprint density at radius 2 is 1.91 bits per heavy atom. The van der Waals surface area contributed by atoms with E-state index in [2.05, 4.69) is 27.7 Å². The van der Waals surface area contributed by atoms with Crippen molar-refractivity contribution in [3.63, 3.8) is 0 Å². The molecule has 0 saturated carbocycles. The molecule has 2 aliphatic heterocycles. The number of thioether (sulfide) groups is 1. The molecule has 5 rings (SSSR count). The third-order valence-electron chi connectivity index (χ3n) is 5.88. The maximum atomic E-state index is 12.9. The van der Waals surface area contributed by atoms with Crippen molar-refractivity contribution in [2.75, 3.05) is 0 Å². The number of halogens is 1. The number of rotatable bonds is 7. The van der Waals surface area contributed by atoms with Crippen molar-refractivity contribution in [2.45, 2.75) is 39.2 Å². The van der Waals surface area contributed by atoms with Crippen LogP contribution in [-0.2, 0) is 11.3 Å². The molecule has 0 saturated heterocycles. The van der Waals surface area contributed by atoms with Gasteiger partial charge >= 0.3 is 0 Å². The molecule has 1 amide bonds. The summed E-state index contributed by atoms with van der Waals surface area (Å²) in [5.41, 5.74) is 3.29. The van der Waals surface area contributed by atoms with Crippen LogP contribution >= 0.6 is 23.4 Å². The summed E-state index contributed by atoms with van der Waals surface area (Å²) in [6.45, 7) is 2.83. The third-order valence-corrected chi connectivity index (χ3v) is 7.10. The zero-order valence-corrected chi connectivity index (χ0v) is 20.4. The molecule has 0 bridgehead atoms. The number of nitrogens with zero attached hydrogens (tertiary/aromatic N) is 4. The second-order valence-corrected chi connectivity index (χ2v) is 9.80. The van der Waals surface area contributed by atoms with E-state index < -0.39 is 5.91 Å². The molecule has 8 heteroatoms. The van der Waals surface area contributed by atoms with Crippen LogP contribution in [0.5, 0.6) is 0 Å². The number of carbonyl (C=O) groups is 1. The van der Waals surface area contributed by atoms with Gasteiger partial charge in [0, 0.05) is 34.2 Å². The van der Waals surface area contributed by atoms with E-state index in [0.29, 0.717) is 16.7 Å². The fourth-order valence-electron chi connectivity index (χ4n) is 4.12. The first kappa shape index (κ1) is 22.6. The molecule has 0 atom stereocenters. The largest absolute Gasteiger partial charge is 0.342 e. The number of benzene rings is 2. The Kier molecular flexibility index (Phi) is 6.39. The van der Waals surface area contributed by atoms with Crippen molar-refractivity contribution >= 4 is 62.3 Å². The normalized spacial score (nSPS) is 16.9. The maximum absolute atomic E-state index is 12.9.